The number of hydrogen-bond donors (Lipinski definition) is 0. The summed E-state index contributed by atoms with van der Waals surface area (Å²) in [5.41, 5.74) is 10.1. The summed E-state index contributed by atoms with van der Waals surface area (Å²) in [6, 6.07) is 26.5. The van der Waals surface area contributed by atoms with E-state index in [1.165, 1.54) is 65.3 Å². The van der Waals surface area contributed by atoms with Crippen molar-refractivity contribution < 1.29 is 0 Å². The summed E-state index contributed by atoms with van der Waals surface area (Å²) in [6.07, 6.45) is 0. The van der Waals surface area contributed by atoms with Crippen molar-refractivity contribution in [1.82, 2.24) is 0 Å². The van der Waals surface area contributed by atoms with Crippen LogP contribution < -0.4 is 20.9 Å². The largest absolute Gasteiger partial charge is 0.0909 e. The highest BCUT2D eigenvalue weighted by Crippen LogP contribution is 2.44. The van der Waals surface area contributed by atoms with Crippen molar-refractivity contribution in [3.8, 4) is 11.1 Å². The Hall–Kier alpha value is -4.68. The zero-order valence-electron chi connectivity index (χ0n) is 25.8. The van der Waals surface area contributed by atoms with E-state index < -0.39 is 0 Å². The molecule has 0 aromatic heterocycles. The molecular weight excluding hydrogens is 504 g/mol. The third-order valence-corrected chi connectivity index (χ3v) is 9.53. The predicted octanol–water partition coefficient (Wildman–Crippen LogP) is 8.58. The Bertz CT molecular complexity index is 2250. The standard InChI is InChI=1S/C24H20.C18H18/c1-13-11-17-7-5-10-20-22-16(4)14(2)12-18-8-6-9-19(24(18)22)21(15(13)3)23(17)20;1-11-7-9-17(15(5)13(11)3)18-10-8-12(2)14(4)16(18)6/h5-12H,1-4H3;7-10H,3-6H2,1-2H3. The first kappa shape index (κ1) is 27.5. The average Bonchev–Trinajstić information content (AvgIpc) is 2.97. The minimum Gasteiger partial charge on any atom is -0.0909 e. The molecule has 0 atom stereocenters. The highest BCUT2D eigenvalue weighted by molar-refractivity contribution is 6.34. The maximum Gasteiger partial charge on any atom is -0.00234 e. The Morgan fingerprint density at radius 1 is 0.381 bits per heavy atom. The zero-order chi connectivity index (χ0) is 30.0. The first-order chi connectivity index (χ1) is 20.0. The van der Waals surface area contributed by atoms with Gasteiger partial charge in [0.15, 0.2) is 0 Å². The van der Waals surface area contributed by atoms with E-state index in [-0.39, 0.29) is 0 Å². The van der Waals surface area contributed by atoms with E-state index in [9.17, 15) is 0 Å². The molecule has 0 unspecified atom stereocenters. The Morgan fingerprint density at radius 3 is 1.14 bits per heavy atom. The lowest BCUT2D eigenvalue weighted by Crippen LogP contribution is -2.31. The van der Waals surface area contributed by atoms with Crippen LogP contribution >= 0.6 is 0 Å². The minimum absolute atomic E-state index is 0.975. The highest BCUT2D eigenvalue weighted by Gasteiger charge is 2.17. The van der Waals surface area contributed by atoms with Gasteiger partial charge in [-0.1, -0.05) is 99.1 Å². The van der Waals surface area contributed by atoms with Gasteiger partial charge in [-0.05, 0) is 150 Å². The third-order valence-electron chi connectivity index (χ3n) is 9.53. The van der Waals surface area contributed by atoms with Crippen LogP contribution in [0.3, 0.4) is 0 Å². The predicted molar refractivity (Wildman–Crippen MR) is 189 cm³/mol. The molecule has 206 valence electrons. The summed E-state index contributed by atoms with van der Waals surface area (Å²) in [7, 11) is 0. The van der Waals surface area contributed by atoms with Gasteiger partial charge >= 0.3 is 0 Å². The van der Waals surface area contributed by atoms with Crippen LogP contribution in [0.5, 0.6) is 0 Å². The zero-order valence-corrected chi connectivity index (χ0v) is 25.8. The maximum atomic E-state index is 4.14. The average molecular weight is 543 g/mol. The molecule has 0 bridgehead atoms. The topological polar surface area (TPSA) is 0 Å². The summed E-state index contributed by atoms with van der Waals surface area (Å²) in [4.78, 5) is 0. The second-order valence-corrected chi connectivity index (χ2v) is 12.0. The van der Waals surface area contributed by atoms with Crippen LogP contribution in [0.2, 0.25) is 0 Å². The molecule has 7 aromatic carbocycles. The lowest BCUT2D eigenvalue weighted by molar-refractivity contribution is 1.35. The van der Waals surface area contributed by atoms with E-state index in [0.717, 1.165) is 43.1 Å². The van der Waals surface area contributed by atoms with Crippen LogP contribution in [-0.2, 0) is 0 Å². The quantitative estimate of drug-likeness (QED) is 0.144. The van der Waals surface area contributed by atoms with Gasteiger partial charge in [0.25, 0.3) is 0 Å². The molecule has 0 fully saturated rings. The summed E-state index contributed by atoms with van der Waals surface area (Å²) in [5, 5.41) is 15.2. The first-order valence-corrected chi connectivity index (χ1v) is 14.6. The van der Waals surface area contributed by atoms with Gasteiger partial charge in [0, 0.05) is 0 Å². The third kappa shape index (κ3) is 4.05. The molecule has 0 saturated carbocycles. The van der Waals surface area contributed by atoms with Crippen LogP contribution in [0.15, 0.2) is 72.8 Å². The van der Waals surface area contributed by atoms with E-state index in [4.69, 9.17) is 0 Å². The summed E-state index contributed by atoms with van der Waals surface area (Å²) < 4.78 is 0. The van der Waals surface area contributed by atoms with Crippen LogP contribution in [0.1, 0.15) is 33.4 Å². The number of fused-ring (bicyclic) bond motifs is 2. The Labute approximate surface area is 248 Å². The van der Waals surface area contributed by atoms with Gasteiger partial charge in [0.05, 0.1) is 0 Å². The van der Waals surface area contributed by atoms with Gasteiger partial charge in [0.2, 0.25) is 0 Å². The molecule has 0 N–H and O–H groups in total. The molecule has 0 heteroatoms. The van der Waals surface area contributed by atoms with Gasteiger partial charge in [0.1, 0.15) is 0 Å². The molecule has 42 heavy (non-hydrogen) atoms. The fourth-order valence-electron chi connectivity index (χ4n) is 6.61. The highest BCUT2D eigenvalue weighted by atomic mass is 14.2. The minimum atomic E-state index is 0.975. The molecule has 0 amide bonds. The van der Waals surface area contributed by atoms with Crippen molar-refractivity contribution in [2.24, 2.45) is 0 Å². The van der Waals surface area contributed by atoms with Crippen LogP contribution in [0, 0.1) is 41.5 Å². The second kappa shape index (κ2) is 10.00. The SMILES string of the molecule is C=c1c(C)ccc(-c2ccc(C)c(=C)c2=C)c1=C.Cc1cc2cccc3c4c(C)c(C)cc5cccc(c(c1C)c23)c54. The molecule has 0 saturated heterocycles. The van der Waals surface area contributed by atoms with Gasteiger partial charge in [-0.3, -0.25) is 0 Å². The molecule has 0 aliphatic rings. The number of rotatable bonds is 1. The van der Waals surface area contributed by atoms with Crippen LogP contribution in [-0.4, -0.2) is 0 Å². The maximum absolute atomic E-state index is 4.14. The van der Waals surface area contributed by atoms with Gasteiger partial charge in [-0.2, -0.15) is 0 Å². The number of benzene rings is 7. The van der Waals surface area contributed by atoms with E-state index in [1.807, 2.05) is 13.8 Å². The lowest BCUT2D eigenvalue weighted by Gasteiger charge is -2.19. The Balaban J connectivity index is 0.000000158. The molecule has 7 aromatic rings. The van der Waals surface area contributed by atoms with Crippen LogP contribution in [0.25, 0.3) is 80.5 Å². The molecule has 0 aliphatic carbocycles. The van der Waals surface area contributed by atoms with Crippen molar-refractivity contribution in [2.45, 2.75) is 41.5 Å². The molecule has 7 rings (SSSR count). The summed E-state index contributed by atoms with van der Waals surface area (Å²) >= 11 is 0. The molecule has 0 heterocycles. The fraction of sp³-hybridized carbons (Fsp3) is 0.143. The van der Waals surface area contributed by atoms with E-state index >= 15 is 0 Å². The number of hydrogen-bond acceptors (Lipinski definition) is 0. The van der Waals surface area contributed by atoms with Crippen molar-refractivity contribution in [1.29, 1.82) is 0 Å². The van der Waals surface area contributed by atoms with Gasteiger partial charge in [-0.15, -0.1) is 0 Å². The number of aryl methyl sites for hydroxylation is 6. The second-order valence-electron chi connectivity index (χ2n) is 12.0. The van der Waals surface area contributed by atoms with Crippen molar-refractivity contribution >= 4 is 69.4 Å². The summed E-state index contributed by atoms with van der Waals surface area (Å²) in [6.45, 7) is 29.5. The van der Waals surface area contributed by atoms with E-state index in [2.05, 4.69) is 127 Å². The lowest BCUT2D eigenvalue weighted by atomic mass is 9.84. The molecule has 0 nitrogen and oxygen atoms in total. The van der Waals surface area contributed by atoms with Crippen molar-refractivity contribution in [2.75, 3.05) is 0 Å². The molecule has 0 spiro atoms. The monoisotopic (exact) mass is 542 g/mol. The van der Waals surface area contributed by atoms with Crippen LogP contribution in [0.4, 0.5) is 0 Å². The normalized spacial score (nSPS) is 11.5. The molecule has 0 aliphatic heterocycles. The Kier molecular flexibility index (Phi) is 6.54. The molecular formula is C42H38. The molecule has 0 radical (unpaired) electrons. The first-order valence-electron chi connectivity index (χ1n) is 14.6. The van der Waals surface area contributed by atoms with E-state index in [0.29, 0.717) is 0 Å². The van der Waals surface area contributed by atoms with Gasteiger partial charge < -0.3 is 0 Å². The smallest absolute Gasteiger partial charge is 0.00234 e. The van der Waals surface area contributed by atoms with E-state index in [1.54, 1.807) is 0 Å². The summed E-state index contributed by atoms with van der Waals surface area (Å²) in [5.74, 6) is 0. The fourth-order valence-corrected chi connectivity index (χ4v) is 6.61. The van der Waals surface area contributed by atoms with Crippen molar-refractivity contribution in [3.63, 3.8) is 0 Å². The van der Waals surface area contributed by atoms with Gasteiger partial charge in [-0.25, -0.2) is 0 Å². The van der Waals surface area contributed by atoms with Crippen molar-refractivity contribution in [3.05, 3.63) is 127 Å². The Morgan fingerprint density at radius 2 is 0.762 bits per heavy atom.